The molecule has 0 saturated heterocycles. The van der Waals surface area contributed by atoms with Crippen molar-refractivity contribution in [2.24, 2.45) is 0 Å². The van der Waals surface area contributed by atoms with Crippen molar-refractivity contribution in [3.05, 3.63) is 24.3 Å². The summed E-state index contributed by atoms with van der Waals surface area (Å²) in [5.41, 5.74) is 0.153. The summed E-state index contributed by atoms with van der Waals surface area (Å²) in [4.78, 5) is -1.08. The van der Waals surface area contributed by atoms with Crippen LogP contribution in [0.4, 0.5) is 5.69 Å². The summed E-state index contributed by atoms with van der Waals surface area (Å²) in [5, 5.41) is 10.0. The van der Waals surface area contributed by atoms with Crippen LogP contribution in [0, 0.1) is 0 Å². The van der Waals surface area contributed by atoms with Crippen LogP contribution in [0.3, 0.4) is 0 Å². The molecule has 2 rings (SSSR count). The van der Waals surface area contributed by atoms with Crippen molar-refractivity contribution in [1.82, 2.24) is 0 Å². The monoisotopic (exact) mass is 445 g/mol. The van der Waals surface area contributed by atoms with Crippen LogP contribution in [0.2, 0.25) is 0 Å². The average Bonchev–Trinajstić information content (AvgIpc) is 2.34. The van der Waals surface area contributed by atoms with Gasteiger partial charge >= 0.3 is 0 Å². The van der Waals surface area contributed by atoms with Crippen molar-refractivity contribution < 1.29 is 31.0 Å². The van der Waals surface area contributed by atoms with Gasteiger partial charge < -0.3 is 8.64 Å². The van der Waals surface area contributed by atoms with Gasteiger partial charge in [-0.2, -0.15) is 16.8 Å². The minimum Gasteiger partial charge on any atom is -0.507 e. The average molecular weight is 445 g/mol. The van der Waals surface area contributed by atoms with E-state index < -0.39 is 35.8 Å². The van der Waals surface area contributed by atoms with Crippen LogP contribution in [0.5, 0.6) is 5.75 Å². The Kier molecular flexibility index (Phi) is 4.05. The number of aromatic hydroxyl groups is 1. The summed E-state index contributed by atoms with van der Waals surface area (Å²) in [6.07, 6.45) is 0. The summed E-state index contributed by atoms with van der Waals surface area (Å²) in [7, 11) is -9.10. The first-order valence-corrected chi connectivity index (χ1v) is 9.12. The highest BCUT2D eigenvalue weighted by Crippen LogP contribution is 2.37. The highest BCUT2D eigenvalue weighted by molar-refractivity contribution is 14.1. The maximum atomic E-state index is 11.2. The zero-order chi connectivity index (χ0) is 16.0. The van der Waals surface area contributed by atoms with Crippen LogP contribution in [0.15, 0.2) is 34.1 Å². The fourth-order valence-corrected chi connectivity index (χ4v) is 3.32. The molecule has 0 radical (unpaired) electrons. The maximum absolute atomic E-state index is 11.2. The molecule has 2 aromatic carbocycles. The minimum absolute atomic E-state index is 0.0110. The predicted octanol–water partition coefficient (Wildman–Crippen LogP) is 1.80. The van der Waals surface area contributed by atoms with Crippen LogP contribution in [0.1, 0.15) is 0 Å². The van der Waals surface area contributed by atoms with E-state index in [1.165, 1.54) is 0 Å². The second-order valence-electron chi connectivity index (χ2n) is 4.06. The lowest BCUT2D eigenvalue weighted by atomic mass is 10.1. The topological polar surface area (TPSA) is 141 Å². The molecule has 2 aromatic rings. The van der Waals surface area contributed by atoms with E-state index in [0.29, 0.717) is 0 Å². The van der Waals surface area contributed by atoms with Gasteiger partial charge in [0, 0.05) is 11.5 Å². The molecule has 8 nitrogen and oxygen atoms in total. The van der Waals surface area contributed by atoms with E-state index in [-0.39, 0.29) is 16.5 Å². The summed E-state index contributed by atoms with van der Waals surface area (Å²) in [6, 6.07) is 3.88. The minimum atomic E-state index is -4.58. The Balaban J connectivity index is 2.97. The number of hydrogen-bond acceptors (Lipinski definition) is 6. The van der Waals surface area contributed by atoms with Crippen molar-refractivity contribution in [3.8, 4) is 5.75 Å². The fraction of sp³-hybridized carbons (Fsp3) is 0. The predicted molar refractivity (Wildman–Crippen MR) is 82.9 cm³/mol. The lowest BCUT2D eigenvalue weighted by Crippen LogP contribution is -2.01. The Morgan fingerprint density at radius 2 is 1.38 bits per heavy atom. The smallest absolute Gasteiger partial charge is 0.294 e. The zero-order valence-corrected chi connectivity index (χ0v) is 13.8. The Morgan fingerprint density at radius 1 is 0.905 bits per heavy atom. The third-order valence-electron chi connectivity index (χ3n) is 2.67. The third-order valence-corrected chi connectivity index (χ3v) is 4.92. The fourth-order valence-electron chi connectivity index (χ4n) is 1.81. The van der Waals surface area contributed by atoms with Gasteiger partial charge in [0.25, 0.3) is 20.2 Å². The Hall–Kier alpha value is -1.15. The molecule has 11 heteroatoms. The normalized spacial score (nSPS) is 12.5. The number of benzene rings is 2. The van der Waals surface area contributed by atoms with E-state index in [4.69, 9.17) is 9.11 Å². The SMILES string of the molecule is O=S(=O)(O)c1cc(O)c2c(NI)cc(S(=O)(=O)O)cc2c1. The number of fused-ring (bicyclic) bond motifs is 1. The van der Waals surface area contributed by atoms with Gasteiger partial charge in [-0.05, 0) is 23.6 Å². The third kappa shape index (κ3) is 3.21. The Labute approximate surface area is 133 Å². The van der Waals surface area contributed by atoms with Crippen LogP contribution in [0.25, 0.3) is 10.8 Å². The van der Waals surface area contributed by atoms with Crippen molar-refractivity contribution >= 4 is 59.6 Å². The van der Waals surface area contributed by atoms with Gasteiger partial charge in [0.1, 0.15) is 5.75 Å². The molecule has 0 aliphatic heterocycles. The molecule has 114 valence electrons. The van der Waals surface area contributed by atoms with Crippen LogP contribution in [-0.4, -0.2) is 31.0 Å². The number of rotatable bonds is 3. The molecule has 0 heterocycles. The van der Waals surface area contributed by atoms with Gasteiger partial charge in [-0.15, -0.1) is 0 Å². The van der Waals surface area contributed by atoms with E-state index in [0.717, 1.165) is 24.3 Å². The molecule has 0 aliphatic carbocycles. The number of phenolic OH excluding ortho intramolecular Hbond substituents is 1. The van der Waals surface area contributed by atoms with Crippen molar-refractivity contribution in [3.63, 3.8) is 0 Å². The number of nitrogens with one attached hydrogen (secondary N) is 1. The van der Waals surface area contributed by atoms with E-state index in [9.17, 15) is 21.9 Å². The summed E-state index contributed by atoms with van der Waals surface area (Å²) in [6.45, 7) is 0. The number of halogens is 1. The first-order valence-electron chi connectivity index (χ1n) is 5.16. The van der Waals surface area contributed by atoms with Crippen LogP contribution < -0.4 is 3.53 Å². The molecule has 0 saturated carbocycles. The zero-order valence-electron chi connectivity index (χ0n) is 9.98. The van der Waals surface area contributed by atoms with Crippen molar-refractivity contribution in [2.45, 2.75) is 9.79 Å². The largest absolute Gasteiger partial charge is 0.507 e. The van der Waals surface area contributed by atoms with Gasteiger partial charge in [0.05, 0.1) is 38.3 Å². The van der Waals surface area contributed by atoms with Crippen LogP contribution in [-0.2, 0) is 20.2 Å². The molecule has 0 spiro atoms. The van der Waals surface area contributed by atoms with E-state index in [2.05, 4.69) is 3.53 Å². The summed E-state index contributed by atoms with van der Waals surface area (Å²) < 4.78 is 65.4. The molecule has 0 amide bonds. The molecule has 4 N–H and O–H groups in total. The van der Waals surface area contributed by atoms with Gasteiger partial charge in [0.15, 0.2) is 0 Å². The highest BCUT2D eigenvalue weighted by atomic mass is 127. The molecule has 0 fully saturated rings. The first-order chi connectivity index (χ1) is 9.54. The van der Waals surface area contributed by atoms with Gasteiger partial charge in [-0.1, -0.05) is 0 Å². The van der Waals surface area contributed by atoms with Gasteiger partial charge in [-0.25, -0.2) is 0 Å². The maximum Gasteiger partial charge on any atom is 0.294 e. The number of hydrogen-bond donors (Lipinski definition) is 4. The lowest BCUT2D eigenvalue weighted by molar-refractivity contribution is 0.471. The van der Waals surface area contributed by atoms with E-state index in [1.807, 2.05) is 0 Å². The summed E-state index contributed by atoms with van der Waals surface area (Å²) in [5.74, 6) is -0.471. The quantitative estimate of drug-likeness (QED) is 0.319. The molecule has 0 aromatic heterocycles. The number of anilines is 1. The van der Waals surface area contributed by atoms with E-state index in [1.54, 1.807) is 22.9 Å². The van der Waals surface area contributed by atoms with Gasteiger partial charge in [-0.3, -0.25) is 9.11 Å². The second kappa shape index (κ2) is 5.24. The molecule has 21 heavy (non-hydrogen) atoms. The van der Waals surface area contributed by atoms with E-state index >= 15 is 0 Å². The lowest BCUT2D eigenvalue weighted by Gasteiger charge is -2.10. The molecule has 0 atom stereocenters. The molecule has 0 bridgehead atoms. The van der Waals surface area contributed by atoms with Crippen molar-refractivity contribution in [2.75, 3.05) is 3.53 Å². The second-order valence-corrected chi connectivity index (χ2v) is 7.44. The Morgan fingerprint density at radius 3 is 1.81 bits per heavy atom. The molecule has 0 unspecified atom stereocenters. The number of phenols is 1. The van der Waals surface area contributed by atoms with Crippen LogP contribution >= 0.6 is 22.9 Å². The molecule has 0 aliphatic rings. The first kappa shape index (κ1) is 16.2. The van der Waals surface area contributed by atoms with Crippen molar-refractivity contribution in [1.29, 1.82) is 0 Å². The molecular formula is C10H8INO7S2. The Bertz CT molecular complexity index is 932. The summed E-state index contributed by atoms with van der Waals surface area (Å²) >= 11 is 1.68. The molecular weight excluding hydrogens is 437 g/mol. The van der Waals surface area contributed by atoms with Gasteiger partial charge in [0.2, 0.25) is 0 Å². The standard InChI is InChI=1S/C10H8INO7S2/c11-12-8-3-6(20(14,15)16)1-5-2-7(21(17,18)19)4-9(13)10(5)8/h1-4,12-13H,(H,14,15,16)(H,17,18,19). The highest BCUT2D eigenvalue weighted by Gasteiger charge is 2.19.